The maximum atomic E-state index is 12.2. The zero-order valence-electron chi connectivity index (χ0n) is 15.6. The summed E-state index contributed by atoms with van der Waals surface area (Å²) in [5.41, 5.74) is 1.69. The van der Waals surface area contributed by atoms with Crippen molar-refractivity contribution in [3.05, 3.63) is 63.7 Å². The lowest BCUT2D eigenvalue weighted by Crippen LogP contribution is -2.12. The predicted octanol–water partition coefficient (Wildman–Crippen LogP) is 4.96. The van der Waals surface area contributed by atoms with Crippen molar-refractivity contribution < 1.29 is 19.2 Å². The number of thioether (sulfide) groups is 1. The minimum absolute atomic E-state index is 0.0827. The van der Waals surface area contributed by atoms with Crippen LogP contribution in [0.5, 0.6) is 11.5 Å². The number of esters is 1. The van der Waals surface area contributed by atoms with Crippen molar-refractivity contribution >= 4 is 23.4 Å². The van der Waals surface area contributed by atoms with Crippen molar-refractivity contribution in [2.45, 2.75) is 31.9 Å². The second-order valence-electron chi connectivity index (χ2n) is 6.08. The Bertz CT molecular complexity index is 809. The van der Waals surface area contributed by atoms with Gasteiger partial charge in [0.25, 0.3) is 0 Å². The van der Waals surface area contributed by atoms with Gasteiger partial charge in [0.05, 0.1) is 17.8 Å². The van der Waals surface area contributed by atoms with E-state index in [0.29, 0.717) is 17.4 Å². The van der Waals surface area contributed by atoms with Crippen LogP contribution in [-0.4, -0.2) is 23.8 Å². The molecule has 0 heterocycles. The molecule has 0 amide bonds. The fourth-order valence-corrected chi connectivity index (χ4v) is 3.32. The molecule has 2 aromatic rings. The van der Waals surface area contributed by atoms with Crippen LogP contribution in [0.2, 0.25) is 0 Å². The van der Waals surface area contributed by atoms with E-state index >= 15 is 0 Å². The lowest BCUT2D eigenvalue weighted by Gasteiger charge is -2.14. The molecule has 0 aliphatic rings. The number of carbonyl (C=O) groups excluding carboxylic acids is 1. The van der Waals surface area contributed by atoms with Gasteiger partial charge in [0.2, 0.25) is 0 Å². The van der Waals surface area contributed by atoms with Gasteiger partial charge in [-0.3, -0.25) is 14.9 Å². The van der Waals surface area contributed by atoms with Gasteiger partial charge in [-0.2, -0.15) is 0 Å². The minimum atomic E-state index is -0.479. The molecule has 0 radical (unpaired) electrons. The van der Waals surface area contributed by atoms with Gasteiger partial charge >= 0.3 is 11.7 Å². The molecule has 0 saturated heterocycles. The second-order valence-corrected chi connectivity index (χ2v) is 7.06. The average Bonchev–Trinajstić information content (AvgIpc) is 2.67. The molecule has 144 valence electrons. The number of nitrogens with zero attached hydrogens (tertiary/aromatic N) is 1. The van der Waals surface area contributed by atoms with E-state index < -0.39 is 4.92 Å². The first kappa shape index (κ1) is 20.8. The van der Waals surface area contributed by atoms with Gasteiger partial charge in [-0.15, -0.1) is 11.8 Å². The molecule has 0 aromatic heterocycles. The number of rotatable bonds is 9. The summed E-state index contributed by atoms with van der Waals surface area (Å²) in [6.07, 6.45) is 0.958. The Balaban J connectivity index is 1.94. The molecule has 0 bridgehead atoms. The Morgan fingerprint density at radius 2 is 1.96 bits per heavy atom. The Morgan fingerprint density at radius 3 is 2.63 bits per heavy atom. The summed E-state index contributed by atoms with van der Waals surface area (Å²) in [7, 11) is 1.39. The second kappa shape index (κ2) is 9.97. The molecule has 0 N–H and O–H groups in total. The molecule has 1 unspecified atom stereocenters. The maximum Gasteiger partial charge on any atom is 0.321 e. The highest BCUT2D eigenvalue weighted by molar-refractivity contribution is 7.99. The van der Waals surface area contributed by atoms with Gasteiger partial charge in [0.1, 0.15) is 5.75 Å². The molecule has 0 aliphatic carbocycles. The molecule has 6 nitrogen and oxygen atoms in total. The standard InChI is InChI=1S/C20H23NO5S/c1-4-14(2)16-7-5-6-8-18(16)26-20(22)13-27-12-15-9-10-19(25-3)17(11-15)21(23)24/h5-11,14H,4,12-13H2,1-3H3. The largest absolute Gasteiger partial charge is 0.490 e. The van der Waals surface area contributed by atoms with Gasteiger partial charge in [-0.25, -0.2) is 0 Å². The molecule has 1 atom stereocenters. The van der Waals surface area contributed by atoms with Crippen LogP contribution in [0.3, 0.4) is 0 Å². The molecular weight excluding hydrogens is 366 g/mol. The van der Waals surface area contributed by atoms with Crippen molar-refractivity contribution in [1.29, 1.82) is 0 Å². The van der Waals surface area contributed by atoms with Crippen LogP contribution in [-0.2, 0) is 10.5 Å². The molecule has 0 aliphatic heterocycles. The number of nitro groups is 1. The number of hydrogen-bond acceptors (Lipinski definition) is 6. The Kier molecular flexibility index (Phi) is 7.67. The number of hydrogen-bond donors (Lipinski definition) is 0. The Hall–Kier alpha value is -2.54. The Labute approximate surface area is 163 Å². The van der Waals surface area contributed by atoms with Gasteiger partial charge in [0, 0.05) is 11.8 Å². The van der Waals surface area contributed by atoms with Crippen LogP contribution in [0.15, 0.2) is 42.5 Å². The van der Waals surface area contributed by atoms with E-state index in [1.807, 2.05) is 18.2 Å². The fraction of sp³-hybridized carbons (Fsp3) is 0.350. The summed E-state index contributed by atoms with van der Waals surface area (Å²) in [5.74, 6) is 1.41. The highest BCUT2D eigenvalue weighted by Crippen LogP contribution is 2.30. The lowest BCUT2D eigenvalue weighted by molar-refractivity contribution is -0.385. The monoisotopic (exact) mass is 389 g/mol. The van der Waals surface area contributed by atoms with E-state index in [-0.39, 0.29) is 23.2 Å². The summed E-state index contributed by atoms with van der Waals surface area (Å²) in [6.45, 7) is 4.19. The minimum Gasteiger partial charge on any atom is -0.490 e. The smallest absolute Gasteiger partial charge is 0.321 e. The molecule has 2 aromatic carbocycles. The van der Waals surface area contributed by atoms with Gasteiger partial charge < -0.3 is 9.47 Å². The van der Waals surface area contributed by atoms with E-state index in [1.54, 1.807) is 18.2 Å². The summed E-state index contributed by atoms with van der Waals surface area (Å²) in [5, 5.41) is 11.1. The van der Waals surface area contributed by atoms with Crippen molar-refractivity contribution in [3.8, 4) is 11.5 Å². The molecule has 27 heavy (non-hydrogen) atoms. The zero-order chi connectivity index (χ0) is 19.8. The van der Waals surface area contributed by atoms with Crippen molar-refractivity contribution in [3.63, 3.8) is 0 Å². The molecule has 0 spiro atoms. The van der Waals surface area contributed by atoms with Crippen LogP contribution in [0, 0.1) is 10.1 Å². The first-order valence-corrected chi connectivity index (χ1v) is 9.80. The van der Waals surface area contributed by atoms with Crippen LogP contribution < -0.4 is 9.47 Å². The SMILES string of the molecule is CCC(C)c1ccccc1OC(=O)CSCc1ccc(OC)c([N+](=O)[O-])c1. The third-order valence-corrected chi connectivity index (χ3v) is 5.19. The summed E-state index contributed by atoms with van der Waals surface area (Å²) < 4.78 is 10.5. The highest BCUT2D eigenvalue weighted by atomic mass is 32.2. The molecule has 2 rings (SSSR count). The topological polar surface area (TPSA) is 78.7 Å². The number of benzene rings is 2. The van der Waals surface area contributed by atoms with Gasteiger partial charge in [0.15, 0.2) is 5.75 Å². The number of para-hydroxylation sites is 1. The number of methoxy groups -OCH3 is 1. The van der Waals surface area contributed by atoms with Crippen LogP contribution in [0.4, 0.5) is 5.69 Å². The normalized spacial score (nSPS) is 11.7. The fourth-order valence-electron chi connectivity index (χ4n) is 2.57. The van der Waals surface area contributed by atoms with Crippen molar-refractivity contribution in [2.75, 3.05) is 12.9 Å². The van der Waals surface area contributed by atoms with Crippen molar-refractivity contribution in [1.82, 2.24) is 0 Å². The van der Waals surface area contributed by atoms with E-state index in [4.69, 9.17) is 9.47 Å². The average molecular weight is 389 g/mol. The highest BCUT2D eigenvalue weighted by Gasteiger charge is 2.16. The van der Waals surface area contributed by atoms with Gasteiger partial charge in [-0.1, -0.05) is 38.1 Å². The third-order valence-electron chi connectivity index (χ3n) is 4.21. The first-order chi connectivity index (χ1) is 13.0. The van der Waals surface area contributed by atoms with Crippen molar-refractivity contribution in [2.24, 2.45) is 0 Å². The zero-order valence-corrected chi connectivity index (χ0v) is 16.5. The number of ether oxygens (including phenoxy) is 2. The van der Waals surface area contributed by atoms with Crippen LogP contribution in [0.1, 0.15) is 37.3 Å². The van der Waals surface area contributed by atoms with Crippen LogP contribution in [0.25, 0.3) is 0 Å². The predicted molar refractivity (Wildman–Crippen MR) is 107 cm³/mol. The summed E-state index contributed by atoms with van der Waals surface area (Å²) in [4.78, 5) is 22.8. The summed E-state index contributed by atoms with van der Waals surface area (Å²) in [6, 6.07) is 12.3. The maximum absolute atomic E-state index is 12.2. The van der Waals surface area contributed by atoms with E-state index in [9.17, 15) is 14.9 Å². The Morgan fingerprint density at radius 1 is 1.22 bits per heavy atom. The number of nitro benzene ring substituents is 1. The molecule has 0 saturated carbocycles. The van der Waals surface area contributed by atoms with Crippen LogP contribution >= 0.6 is 11.8 Å². The van der Waals surface area contributed by atoms with E-state index in [0.717, 1.165) is 17.5 Å². The quantitative estimate of drug-likeness (QED) is 0.261. The molecular formula is C20H23NO5S. The number of carbonyl (C=O) groups is 1. The molecule has 0 fully saturated rings. The molecule has 7 heteroatoms. The summed E-state index contributed by atoms with van der Waals surface area (Å²) >= 11 is 1.35. The van der Waals surface area contributed by atoms with E-state index in [1.165, 1.54) is 24.9 Å². The third kappa shape index (κ3) is 5.72. The van der Waals surface area contributed by atoms with E-state index in [2.05, 4.69) is 13.8 Å². The lowest BCUT2D eigenvalue weighted by atomic mass is 9.98. The van der Waals surface area contributed by atoms with Gasteiger partial charge in [-0.05, 0) is 35.6 Å². The first-order valence-electron chi connectivity index (χ1n) is 8.64.